The van der Waals surface area contributed by atoms with Crippen molar-refractivity contribution < 1.29 is 9.47 Å². The first-order valence-corrected chi connectivity index (χ1v) is 17.5. The fourth-order valence-corrected chi connectivity index (χ4v) is 7.34. The first-order valence-electron chi connectivity index (χ1n) is 17.5. The van der Waals surface area contributed by atoms with Crippen LogP contribution in [0.4, 0.5) is 17.1 Å². The quantitative estimate of drug-likeness (QED) is 0.176. The SMILES string of the molecule is c1ccc(-c2ccc3c(c2)c2cc4c(cc2n3-c2ccc(-c3ccc(N(c5ccccc5)c5ccccc5)cc3)cc2)Oc2ccccc2O4)cc1. The zero-order valence-corrected chi connectivity index (χ0v) is 28.2. The lowest BCUT2D eigenvalue weighted by Gasteiger charge is -2.25. The topological polar surface area (TPSA) is 26.6 Å². The Hall–Kier alpha value is -7.04. The molecule has 1 aliphatic rings. The summed E-state index contributed by atoms with van der Waals surface area (Å²) in [7, 11) is 0. The van der Waals surface area contributed by atoms with Crippen LogP contribution in [0, 0.1) is 0 Å². The molecule has 4 heteroatoms. The zero-order valence-electron chi connectivity index (χ0n) is 28.2. The van der Waals surface area contributed by atoms with Gasteiger partial charge in [0.25, 0.3) is 0 Å². The van der Waals surface area contributed by atoms with E-state index in [4.69, 9.17) is 9.47 Å². The van der Waals surface area contributed by atoms with Crippen molar-refractivity contribution in [2.75, 3.05) is 4.90 Å². The summed E-state index contributed by atoms with van der Waals surface area (Å²) >= 11 is 0. The number of aromatic nitrogens is 1. The molecule has 52 heavy (non-hydrogen) atoms. The minimum atomic E-state index is 0.704. The number of nitrogens with zero attached hydrogens (tertiary/aromatic N) is 2. The largest absolute Gasteiger partial charge is 0.449 e. The van der Waals surface area contributed by atoms with Crippen molar-refractivity contribution in [1.29, 1.82) is 0 Å². The van der Waals surface area contributed by atoms with Crippen molar-refractivity contribution in [2.24, 2.45) is 0 Å². The molecule has 246 valence electrons. The van der Waals surface area contributed by atoms with Crippen LogP contribution >= 0.6 is 0 Å². The van der Waals surface area contributed by atoms with E-state index in [-0.39, 0.29) is 0 Å². The highest BCUT2D eigenvalue weighted by molar-refractivity contribution is 6.11. The van der Waals surface area contributed by atoms with Crippen molar-refractivity contribution in [2.45, 2.75) is 0 Å². The fraction of sp³-hybridized carbons (Fsp3) is 0. The van der Waals surface area contributed by atoms with Gasteiger partial charge in [-0.05, 0) is 101 Å². The molecule has 0 aliphatic carbocycles. The van der Waals surface area contributed by atoms with Gasteiger partial charge in [-0.1, -0.05) is 109 Å². The van der Waals surface area contributed by atoms with Gasteiger partial charge < -0.3 is 18.9 Å². The normalized spacial score (nSPS) is 11.8. The van der Waals surface area contributed by atoms with Gasteiger partial charge in [0, 0.05) is 39.6 Å². The zero-order chi connectivity index (χ0) is 34.4. The minimum Gasteiger partial charge on any atom is -0.449 e. The molecule has 8 aromatic carbocycles. The standard InChI is InChI=1S/C48H32N2O2/c1-4-12-33(13-5-1)36-24-29-43-41(30-36)42-31-47-48(52-46-19-11-10-18-45(46)51-47)32-44(42)50(43)40-27-22-35(23-28-40)34-20-25-39(26-21-34)49(37-14-6-2-7-15-37)38-16-8-3-9-17-38/h1-32H. The maximum atomic E-state index is 6.38. The van der Waals surface area contributed by atoms with Crippen molar-refractivity contribution in [3.05, 3.63) is 194 Å². The Morgan fingerprint density at radius 3 is 1.40 bits per heavy atom. The predicted molar refractivity (Wildman–Crippen MR) is 213 cm³/mol. The third-order valence-electron chi connectivity index (χ3n) is 9.84. The molecule has 0 saturated carbocycles. The molecule has 0 radical (unpaired) electrons. The third kappa shape index (κ3) is 5.17. The average Bonchev–Trinajstić information content (AvgIpc) is 3.53. The van der Waals surface area contributed by atoms with E-state index in [0.717, 1.165) is 67.2 Å². The molecule has 1 aliphatic heterocycles. The lowest BCUT2D eigenvalue weighted by Crippen LogP contribution is -2.09. The number of ether oxygens (including phenoxy) is 2. The van der Waals surface area contributed by atoms with Crippen LogP contribution in [0.2, 0.25) is 0 Å². The Kier molecular flexibility index (Phi) is 7.10. The molecule has 9 aromatic rings. The minimum absolute atomic E-state index is 0.704. The third-order valence-corrected chi connectivity index (χ3v) is 9.84. The molecule has 10 rings (SSSR count). The Bertz CT molecular complexity index is 2660. The molecule has 0 fully saturated rings. The fourth-order valence-electron chi connectivity index (χ4n) is 7.34. The molecule has 0 spiro atoms. The smallest absolute Gasteiger partial charge is 0.172 e. The highest BCUT2D eigenvalue weighted by Crippen LogP contribution is 2.49. The first-order chi connectivity index (χ1) is 25.8. The summed E-state index contributed by atoms with van der Waals surface area (Å²) in [5.41, 5.74) is 11.3. The second kappa shape index (κ2) is 12.4. The molecule has 4 nitrogen and oxygen atoms in total. The lowest BCUT2D eigenvalue weighted by atomic mass is 10.0. The number of rotatable bonds is 6. The van der Waals surface area contributed by atoms with Crippen molar-refractivity contribution in [3.63, 3.8) is 0 Å². The highest BCUT2D eigenvalue weighted by atomic mass is 16.6. The van der Waals surface area contributed by atoms with E-state index in [1.54, 1.807) is 0 Å². The number of para-hydroxylation sites is 4. The van der Waals surface area contributed by atoms with Gasteiger partial charge in [-0.2, -0.15) is 0 Å². The summed E-state index contributed by atoms with van der Waals surface area (Å²) in [6, 6.07) is 67.9. The summed E-state index contributed by atoms with van der Waals surface area (Å²) in [6.07, 6.45) is 0. The van der Waals surface area contributed by atoms with Crippen LogP contribution in [0.1, 0.15) is 0 Å². The number of benzene rings is 8. The summed E-state index contributed by atoms with van der Waals surface area (Å²) in [5.74, 6) is 2.86. The predicted octanol–water partition coefficient (Wildman–Crippen LogP) is 13.5. The molecule has 0 saturated heterocycles. The van der Waals surface area contributed by atoms with E-state index in [0.29, 0.717) is 11.5 Å². The summed E-state index contributed by atoms with van der Waals surface area (Å²) in [5, 5.41) is 2.26. The van der Waals surface area contributed by atoms with Crippen LogP contribution in [0.5, 0.6) is 23.0 Å². The van der Waals surface area contributed by atoms with Crippen molar-refractivity contribution in [1.82, 2.24) is 4.57 Å². The van der Waals surface area contributed by atoms with Gasteiger partial charge >= 0.3 is 0 Å². The van der Waals surface area contributed by atoms with E-state index < -0.39 is 0 Å². The molecule has 0 amide bonds. The van der Waals surface area contributed by atoms with Crippen LogP contribution in [0.25, 0.3) is 49.7 Å². The second-order valence-electron chi connectivity index (χ2n) is 13.0. The van der Waals surface area contributed by atoms with E-state index in [1.165, 1.54) is 11.1 Å². The van der Waals surface area contributed by atoms with E-state index in [1.807, 2.05) is 24.3 Å². The van der Waals surface area contributed by atoms with Crippen molar-refractivity contribution in [3.8, 4) is 50.9 Å². The Morgan fingerprint density at radius 2 is 0.788 bits per heavy atom. The van der Waals surface area contributed by atoms with Gasteiger partial charge in [0.1, 0.15) is 0 Å². The molecular weight excluding hydrogens is 637 g/mol. The van der Waals surface area contributed by atoms with Crippen LogP contribution < -0.4 is 14.4 Å². The van der Waals surface area contributed by atoms with Crippen molar-refractivity contribution >= 4 is 38.9 Å². The van der Waals surface area contributed by atoms with E-state index in [9.17, 15) is 0 Å². The van der Waals surface area contributed by atoms with Crippen LogP contribution in [-0.4, -0.2) is 4.57 Å². The van der Waals surface area contributed by atoms with Crippen LogP contribution in [-0.2, 0) is 0 Å². The van der Waals surface area contributed by atoms with Gasteiger partial charge in [-0.15, -0.1) is 0 Å². The Labute approximate surface area is 302 Å². The highest BCUT2D eigenvalue weighted by Gasteiger charge is 2.23. The van der Waals surface area contributed by atoms with Crippen LogP contribution in [0.15, 0.2) is 194 Å². The molecule has 2 heterocycles. The Morgan fingerprint density at radius 1 is 0.327 bits per heavy atom. The number of fused-ring (bicyclic) bond motifs is 5. The van der Waals surface area contributed by atoms with Gasteiger partial charge in [0.05, 0.1) is 11.0 Å². The first kappa shape index (κ1) is 29.8. The molecule has 0 atom stereocenters. The van der Waals surface area contributed by atoms with Gasteiger partial charge in [-0.25, -0.2) is 0 Å². The summed E-state index contributed by atoms with van der Waals surface area (Å²) in [6.45, 7) is 0. The van der Waals surface area contributed by atoms with Gasteiger partial charge in [-0.3, -0.25) is 0 Å². The maximum absolute atomic E-state index is 6.38. The maximum Gasteiger partial charge on any atom is 0.172 e. The second-order valence-corrected chi connectivity index (χ2v) is 13.0. The monoisotopic (exact) mass is 668 g/mol. The summed E-state index contributed by atoms with van der Waals surface area (Å²) < 4.78 is 15.1. The van der Waals surface area contributed by atoms with Crippen LogP contribution in [0.3, 0.4) is 0 Å². The van der Waals surface area contributed by atoms with E-state index >= 15 is 0 Å². The summed E-state index contributed by atoms with van der Waals surface area (Å²) in [4.78, 5) is 2.28. The molecular formula is C48H32N2O2. The van der Waals surface area contributed by atoms with Gasteiger partial charge in [0.15, 0.2) is 23.0 Å². The number of hydrogen-bond donors (Lipinski definition) is 0. The van der Waals surface area contributed by atoms with Gasteiger partial charge in [0.2, 0.25) is 0 Å². The van der Waals surface area contributed by atoms with E-state index in [2.05, 4.69) is 179 Å². The molecule has 0 unspecified atom stereocenters. The number of anilines is 3. The lowest BCUT2D eigenvalue weighted by molar-refractivity contribution is 0.360. The molecule has 1 aromatic heterocycles. The number of hydrogen-bond acceptors (Lipinski definition) is 3. The Balaban J connectivity index is 1.05. The molecule has 0 bridgehead atoms. The average molecular weight is 669 g/mol. The molecule has 0 N–H and O–H groups in total.